The van der Waals surface area contributed by atoms with Gasteiger partial charge in [-0.15, -0.1) is 0 Å². The number of anilines is 1. The van der Waals surface area contributed by atoms with Gasteiger partial charge in [0.2, 0.25) is 0 Å². The molecule has 0 saturated heterocycles. The van der Waals surface area contributed by atoms with E-state index in [1.54, 1.807) is 47.4 Å². The molecule has 3 aromatic rings. The Morgan fingerprint density at radius 2 is 1.77 bits per heavy atom. The Bertz CT molecular complexity index is 1430. The lowest BCUT2D eigenvalue weighted by Crippen LogP contribution is -2.36. The number of nitrogens with zero attached hydrogens (tertiary/aromatic N) is 2. The van der Waals surface area contributed by atoms with E-state index in [-0.39, 0.29) is 11.8 Å². The number of hydrogen-bond acceptors (Lipinski definition) is 4. The molecule has 1 N–H and O–H groups in total. The molecule has 1 fully saturated rings. The van der Waals surface area contributed by atoms with Crippen LogP contribution in [-0.2, 0) is 17.3 Å². The first-order valence-corrected chi connectivity index (χ1v) is 15.5. The highest BCUT2D eigenvalue weighted by molar-refractivity contribution is 7.85. The van der Waals surface area contributed by atoms with Gasteiger partial charge in [-0.3, -0.25) is 9.59 Å². The standard InChI is InChI=1S/C33H39N3O3S/c1-23-14-15-26(24(2)20-23)22-36-29-21-25(32(37)34-18-9-19-35(3)27-10-5-4-6-11-27)16-17-31(29)40(39)30-13-8-7-12-28(30)33(36)38/h7-8,12-17,20-21,27H,4-6,9-11,18-19,22H2,1-3H3,(H,34,37). The molecular formula is C33H39N3O3S. The predicted molar refractivity (Wildman–Crippen MR) is 160 cm³/mol. The summed E-state index contributed by atoms with van der Waals surface area (Å²) in [7, 11) is 0.632. The minimum Gasteiger partial charge on any atom is -0.352 e. The fraction of sp³-hybridized carbons (Fsp3) is 0.394. The van der Waals surface area contributed by atoms with Gasteiger partial charge in [-0.05, 0) is 88.2 Å². The topological polar surface area (TPSA) is 69.7 Å². The number of amides is 2. The zero-order valence-corrected chi connectivity index (χ0v) is 24.6. The quantitative estimate of drug-likeness (QED) is 0.344. The van der Waals surface area contributed by atoms with Crippen molar-refractivity contribution >= 4 is 28.3 Å². The Kier molecular flexibility index (Phi) is 8.81. The van der Waals surface area contributed by atoms with Gasteiger partial charge < -0.3 is 15.1 Å². The third kappa shape index (κ3) is 6.06. The van der Waals surface area contributed by atoms with E-state index in [0.717, 1.165) is 29.7 Å². The SMILES string of the molecule is Cc1ccc(CN2C(=O)c3ccccc3S(=O)c3ccc(C(=O)NCCCN(C)C4CCCCC4)cc32)c(C)c1. The minimum atomic E-state index is -1.55. The van der Waals surface area contributed by atoms with Gasteiger partial charge >= 0.3 is 0 Å². The third-order valence-electron chi connectivity index (χ3n) is 8.27. The number of fused-ring (bicyclic) bond motifs is 2. The molecule has 0 bridgehead atoms. The summed E-state index contributed by atoms with van der Waals surface area (Å²) >= 11 is 0. The summed E-state index contributed by atoms with van der Waals surface area (Å²) in [6.07, 6.45) is 7.36. The van der Waals surface area contributed by atoms with E-state index < -0.39 is 10.8 Å². The molecule has 0 aromatic heterocycles. The van der Waals surface area contributed by atoms with Crippen LogP contribution in [0, 0.1) is 13.8 Å². The second kappa shape index (κ2) is 12.5. The average Bonchev–Trinajstić information content (AvgIpc) is 3.06. The molecular weight excluding hydrogens is 518 g/mol. The zero-order chi connectivity index (χ0) is 28.2. The number of carbonyl (C=O) groups is 2. The monoisotopic (exact) mass is 557 g/mol. The van der Waals surface area contributed by atoms with Crippen LogP contribution in [0.4, 0.5) is 5.69 Å². The van der Waals surface area contributed by atoms with Crippen molar-refractivity contribution in [2.75, 3.05) is 25.0 Å². The molecule has 2 aliphatic rings. The largest absolute Gasteiger partial charge is 0.352 e. The maximum Gasteiger partial charge on any atom is 0.259 e. The van der Waals surface area contributed by atoms with Crippen molar-refractivity contribution in [2.45, 2.75) is 74.7 Å². The van der Waals surface area contributed by atoms with Crippen LogP contribution in [0.15, 0.2) is 70.5 Å². The Morgan fingerprint density at radius 3 is 2.55 bits per heavy atom. The van der Waals surface area contributed by atoms with Crippen LogP contribution in [0.5, 0.6) is 0 Å². The van der Waals surface area contributed by atoms with Gasteiger partial charge in [0.05, 0.1) is 38.4 Å². The van der Waals surface area contributed by atoms with Crippen molar-refractivity contribution in [1.29, 1.82) is 0 Å². The Morgan fingerprint density at radius 1 is 1.00 bits per heavy atom. The lowest BCUT2D eigenvalue weighted by atomic mass is 9.94. The summed E-state index contributed by atoms with van der Waals surface area (Å²) in [5, 5.41) is 3.05. The van der Waals surface area contributed by atoms with Crippen LogP contribution in [0.25, 0.3) is 0 Å². The Labute approximate surface area is 240 Å². The first-order valence-electron chi connectivity index (χ1n) is 14.3. The zero-order valence-electron chi connectivity index (χ0n) is 23.7. The summed E-state index contributed by atoms with van der Waals surface area (Å²) in [6.45, 7) is 5.93. The normalized spacial score (nSPS) is 17.4. The van der Waals surface area contributed by atoms with Gasteiger partial charge in [0.1, 0.15) is 0 Å². The van der Waals surface area contributed by atoms with E-state index in [9.17, 15) is 13.8 Å². The van der Waals surface area contributed by atoms with E-state index in [1.165, 1.54) is 32.1 Å². The Balaban J connectivity index is 1.37. The predicted octanol–water partition coefficient (Wildman–Crippen LogP) is 6.01. The first kappa shape index (κ1) is 28.2. The lowest BCUT2D eigenvalue weighted by molar-refractivity contribution is 0.0947. The van der Waals surface area contributed by atoms with Gasteiger partial charge in [0.25, 0.3) is 11.8 Å². The van der Waals surface area contributed by atoms with Crippen LogP contribution in [-0.4, -0.2) is 47.1 Å². The molecule has 5 rings (SSSR count). The minimum absolute atomic E-state index is 0.186. The average molecular weight is 558 g/mol. The van der Waals surface area contributed by atoms with Crippen LogP contribution in [0.3, 0.4) is 0 Å². The third-order valence-corrected chi connectivity index (χ3v) is 9.77. The molecule has 210 valence electrons. The van der Waals surface area contributed by atoms with Crippen LogP contribution >= 0.6 is 0 Å². The van der Waals surface area contributed by atoms with Gasteiger partial charge in [0, 0.05) is 18.2 Å². The van der Waals surface area contributed by atoms with Crippen molar-refractivity contribution in [3.05, 3.63) is 88.5 Å². The summed E-state index contributed by atoms with van der Waals surface area (Å²) in [5.74, 6) is -0.402. The van der Waals surface area contributed by atoms with Gasteiger partial charge in [-0.25, -0.2) is 4.21 Å². The number of carbonyl (C=O) groups excluding carboxylic acids is 2. The van der Waals surface area contributed by atoms with E-state index in [2.05, 4.69) is 23.3 Å². The number of aryl methyl sites for hydroxylation is 2. The van der Waals surface area contributed by atoms with Gasteiger partial charge in [0.15, 0.2) is 0 Å². The number of rotatable bonds is 8. The molecule has 1 heterocycles. The Hall–Kier alpha value is -3.29. The summed E-state index contributed by atoms with van der Waals surface area (Å²) < 4.78 is 13.7. The second-order valence-corrected chi connectivity index (χ2v) is 12.6. The molecule has 1 atom stereocenters. The van der Waals surface area contributed by atoms with E-state index in [0.29, 0.717) is 45.7 Å². The molecule has 40 heavy (non-hydrogen) atoms. The van der Waals surface area contributed by atoms with Crippen LogP contribution in [0.1, 0.15) is 75.9 Å². The number of benzene rings is 3. The molecule has 1 aliphatic heterocycles. The van der Waals surface area contributed by atoms with E-state index in [1.807, 2.05) is 26.0 Å². The number of hydrogen-bond donors (Lipinski definition) is 1. The smallest absolute Gasteiger partial charge is 0.259 e. The van der Waals surface area contributed by atoms with Crippen molar-refractivity contribution in [3.63, 3.8) is 0 Å². The molecule has 0 spiro atoms. The van der Waals surface area contributed by atoms with E-state index >= 15 is 0 Å². The molecule has 1 aliphatic carbocycles. The highest BCUT2D eigenvalue weighted by atomic mass is 32.2. The molecule has 0 radical (unpaired) electrons. The van der Waals surface area contributed by atoms with Crippen LogP contribution < -0.4 is 10.2 Å². The highest BCUT2D eigenvalue weighted by Gasteiger charge is 2.32. The van der Waals surface area contributed by atoms with E-state index in [4.69, 9.17) is 0 Å². The van der Waals surface area contributed by atoms with Crippen molar-refractivity contribution in [3.8, 4) is 0 Å². The summed E-state index contributed by atoms with van der Waals surface area (Å²) in [4.78, 5) is 32.2. The first-order chi connectivity index (χ1) is 19.3. The van der Waals surface area contributed by atoms with Crippen molar-refractivity contribution < 1.29 is 13.8 Å². The highest BCUT2D eigenvalue weighted by Crippen LogP contribution is 2.36. The fourth-order valence-electron chi connectivity index (χ4n) is 5.89. The maximum absolute atomic E-state index is 13.9. The van der Waals surface area contributed by atoms with Crippen molar-refractivity contribution in [2.24, 2.45) is 0 Å². The van der Waals surface area contributed by atoms with Crippen LogP contribution in [0.2, 0.25) is 0 Å². The fourth-order valence-corrected chi connectivity index (χ4v) is 7.24. The number of nitrogens with one attached hydrogen (secondary N) is 1. The molecule has 6 nitrogen and oxygen atoms in total. The van der Waals surface area contributed by atoms with Gasteiger partial charge in [-0.1, -0.05) is 55.2 Å². The summed E-state index contributed by atoms with van der Waals surface area (Å²) in [5.41, 5.74) is 4.64. The molecule has 1 saturated carbocycles. The molecule has 7 heteroatoms. The second-order valence-electron chi connectivity index (χ2n) is 11.2. The summed E-state index contributed by atoms with van der Waals surface area (Å²) in [6, 6.07) is 19.1. The van der Waals surface area contributed by atoms with Crippen molar-refractivity contribution in [1.82, 2.24) is 10.2 Å². The molecule has 3 aromatic carbocycles. The lowest BCUT2D eigenvalue weighted by Gasteiger charge is -2.31. The van der Waals surface area contributed by atoms with Gasteiger partial charge in [-0.2, -0.15) is 0 Å². The molecule has 2 amide bonds. The molecule has 1 unspecified atom stereocenters. The maximum atomic E-state index is 13.9.